The van der Waals surface area contributed by atoms with Gasteiger partial charge in [-0.1, -0.05) is 18.2 Å². The van der Waals surface area contributed by atoms with Crippen LogP contribution >= 0.6 is 0 Å². The summed E-state index contributed by atoms with van der Waals surface area (Å²) in [6.45, 7) is -0.563. The minimum absolute atomic E-state index is 0.228. The maximum atomic E-state index is 11.5. The summed E-state index contributed by atoms with van der Waals surface area (Å²) in [6.07, 6.45) is 2.52. The summed E-state index contributed by atoms with van der Waals surface area (Å²) in [5.74, 6) is -0.936. The molecule has 0 unspecified atom stereocenters. The number of rotatable bonds is 6. The first-order valence-corrected chi connectivity index (χ1v) is 6.51. The van der Waals surface area contributed by atoms with Crippen LogP contribution in [0.15, 0.2) is 33.9 Å². The molecule has 0 fully saturated rings. The lowest BCUT2D eigenvalue weighted by Gasteiger charge is -2.06. The van der Waals surface area contributed by atoms with Gasteiger partial charge in [0.25, 0.3) is 0 Å². The molecule has 0 saturated heterocycles. The zero-order valence-electron chi connectivity index (χ0n) is 12.0. The number of hydrogen-bond acceptors (Lipinski definition) is 6. The van der Waals surface area contributed by atoms with Gasteiger partial charge in [-0.05, 0) is 18.2 Å². The quantitative estimate of drug-likeness (QED) is 0.516. The van der Waals surface area contributed by atoms with Crippen LogP contribution in [-0.4, -0.2) is 32.6 Å². The van der Waals surface area contributed by atoms with E-state index in [4.69, 9.17) is 9.84 Å². The first-order chi connectivity index (χ1) is 11.4. The number of nitrogens with zero attached hydrogens (tertiary/aromatic N) is 1. The summed E-state index contributed by atoms with van der Waals surface area (Å²) in [5, 5.41) is 19.6. The Morgan fingerprint density at radius 3 is 2.62 bits per heavy atom. The molecule has 124 valence electrons. The van der Waals surface area contributed by atoms with Gasteiger partial charge in [-0.3, -0.25) is 19.9 Å². The van der Waals surface area contributed by atoms with Crippen molar-refractivity contribution in [3.8, 4) is 5.75 Å². The third kappa shape index (κ3) is 3.94. The highest BCUT2D eigenvalue weighted by Crippen LogP contribution is 2.21. The molecule has 0 saturated carbocycles. The van der Waals surface area contributed by atoms with Crippen molar-refractivity contribution < 1.29 is 19.6 Å². The van der Waals surface area contributed by atoms with Gasteiger partial charge in [0, 0.05) is 5.56 Å². The van der Waals surface area contributed by atoms with Crippen LogP contribution in [0.5, 0.6) is 5.75 Å². The van der Waals surface area contributed by atoms with Crippen LogP contribution in [0.3, 0.4) is 0 Å². The lowest BCUT2D eigenvalue weighted by atomic mass is 10.1. The zero-order chi connectivity index (χ0) is 17.7. The third-order valence-corrected chi connectivity index (χ3v) is 2.83. The molecule has 24 heavy (non-hydrogen) atoms. The maximum Gasteiger partial charge on any atom is 0.357 e. The number of hydrogen-bond donors (Lipinski definition) is 3. The van der Waals surface area contributed by atoms with E-state index in [9.17, 15) is 24.5 Å². The van der Waals surface area contributed by atoms with Crippen molar-refractivity contribution in [2.75, 3.05) is 6.61 Å². The number of carbonyl (C=O) groups is 1. The van der Waals surface area contributed by atoms with Gasteiger partial charge in [0.1, 0.15) is 11.4 Å². The second kappa shape index (κ2) is 7.05. The van der Waals surface area contributed by atoms with Crippen molar-refractivity contribution in [2.45, 2.75) is 0 Å². The summed E-state index contributed by atoms with van der Waals surface area (Å²) in [4.78, 5) is 47.3. The molecule has 3 N–H and O–H groups in total. The minimum atomic E-state index is -1.16. The molecule has 0 radical (unpaired) electrons. The largest absolute Gasteiger partial charge is 0.481 e. The topological polar surface area (TPSA) is 155 Å². The lowest BCUT2D eigenvalue weighted by molar-refractivity contribution is -0.386. The van der Waals surface area contributed by atoms with E-state index in [1.165, 1.54) is 12.1 Å². The van der Waals surface area contributed by atoms with Gasteiger partial charge < -0.3 is 14.8 Å². The predicted molar refractivity (Wildman–Crippen MR) is 82.8 cm³/mol. The molecular weight excluding hydrogens is 322 g/mol. The van der Waals surface area contributed by atoms with E-state index in [-0.39, 0.29) is 11.4 Å². The Morgan fingerprint density at radius 1 is 1.25 bits per heavy atom. The number of H-pyrrole nitrogens is 2. The molecule has 0 aliphatic carbocycles. The third-order valence-electron chi connectivity index (χ3n) is 2.83. The van der Waals surface area contributed by atoms with Crippen molar-refractivity contribution in [1.82, 2.24) is 9.97 Å². The molecule has 0 aliphatic heterocycles. The van der Waals surface area contributed by atoms with Crippen molar-refractivity contribution in [1.29, 1.82) is 0 Å². The molecule has 1 heterocycles. The molecule has 10 nitrogen and oxygen atoms in total. The fraction of sp³-hybridized carbons (Fsp3) is 0.0714. The van der Waals surface area contributed by atoms with Crippen LogP contribution in [0.4, 0.5) is 5.69 Å². The van der Waals surface area contributed by atoms with Gasteiger partial charge in [-0.25, -0.2) is 9.59 Å². The molecule has 0 aliphatic rings. The van der Waals surface area contributed by atoms with Crippen LogP contribution in [0, 0.1) is 10.1 Å². The molecule has 10 heteroatoms. The summed E-state index contributed by atoms with van der Waals surface area (Å²) in [7, 11) is 0. The molecule has 0 amide bonds. The molecule has 1 aromatic carbocycles. The second-order valence-electron chi connectivity index (χ2n) is 4.48. The Balaban J connectivity index is 2.42. The van der Waals surface area contributed by atoms with Crippen LogP contribution < -0.4 is 16.0 Å². The number of ether oxygens (including phenoxy) is 1. The highest BCUT2D eigenvalue weighted by atomic mass is 16.6. The standard InChI is InChI=1S/C14H11N3O7/c18-11(19)7-24-10-4-2-1-3-8(10)5-6-9-12(17(22)23)13(20)16-14(21)15-9/h1-6H,7H2,(H,18,19)(H2,15,16,20,21)/b6-5-. The summed E-state index contributed by atoms with van der Waals surface area (Å²) in [6, 6.07) is 6.34. The SMILES string of the molecule is O=C(O)COc1ccccc1/C=C\c1[nH]c(=O)[nH]c(=O)c1[N+](=O)[O-]. The first kappa shape index (κ1) is 16.7. The van der Waals surface area contributed by atoms with Crippen molar-refractivity contribution in [2.24, 2.45) is 0 Å². The number of nitrogens with one attached hydrogen (secondary N) is 2. The van der Waals surface area contributed by atoms with Gasteiger partial charge in [0.2, 0.25) is 0 Å². The van der Waals surface area contributed by atoms with E-state index in [1.54, 1.807) is 23.2 Å². The fourth-order valence-corrected chi connectivity index (χ4v) is 1.86. The Labute approximate surface area is 133 Å². The number of nitro groups is 1. The van der Waals surface area contributed by atoms with E-state index >= 15 is 0 Å². The first-order valence-electron chi connectivity index (χ1n) is 6.51. The zero-order valence-corrected chi connectivity index (χ0v) is 12.0. The Kier molecular flexibility index (Phi) is 4.90. The minimum Gasteiger partial charge on any atom is -0.481 e. The number of carboxylic acid groups (broad SMARTS) is 1. The fourth-order valence-electron chi connectivity index (χ4n) is 1.86. The number of aliphatic carboxylic acids is 1. The monoisotopic (exact) mass is 333 g/mol. The summed E-state index contributed by atoms with van der Waals surface area (Å²) >= 11 is 0. The van der Waals surface area contributed by atoms with E-state index in [0.717, 1.165) is 6.08 Å². The highest BCUT2D eigenvalue weighted by molar-refractivity contribution is 5.74. The van der Waals surface area contributed by atoms with Gasteiger partial charge in [-0.2, -0.15) is 0 Å². The lowest BCUT2D eigenvalue weighted by Crippen LogP contribution is -2.25. The maximum absolute atomic E-state index is 11.5. The van der Waals surface area contributed by atoms with Gasteiger partial charge >= 0.3 is 22.9 Å². The number of carboxylic acids is 1. The van der Waals surface area contributed by atoms with Crippen LogP contribution in [0.2, 0.25) is 0 Å². The van der Waals surface area contributed by atoms with Crippen molar-refractivity contribution >= 4 is 23.8 Å². The number of benzene rings is 1. The number of para-hydroxylation sites is 1. The van der Waals surface area contributed by atoms with Crippen LogP contribution in [-0.2, 0) is 4.79 Å². The van der Waals surface area contributed by atoms with Crippen molar-refractivity contribution in [3.63, 3.8) is 0 Å². The molecule has 0 atom stereocenters. The average Bonchev–Trinajstić information content (AvgIpc) is 2.50. The van der Waals surface area contributed by atoms with E-state index < -0.39 is 34.4 Å². The van der Waals surface area contributed by atoms with Crippen molar-refractivity contribution in [3.05, 3.63) is 66.5 Å². The van der Waals surface area contributed by atoms with Gasteiger partial charge in [0.15, 0.2) is 6.61 Å². The molecule has 1 aromatic heterocycles. The van der Waals surface area contributed by atoms with E-state index in [0.29, 0.717) is 5.56 Å². The normalized spacial score (nSPS) is 10.7. The smallest absolute Gasteiger partial charge is 0.357 e. The van der Waals surface area contributed by atoms with Gasteiger partial charge in [-0.15, -0.1) is 0 Å². The van der Waals surface area contributed by atoms with Crippen LogP contribution in [0.25, 0.3) is 12.2 Å². The summed E-state index contributed by atoms with van der Waals surface area (Å²) in [5.41, 5.74) is -2.70. The molecule has 2 rings (SSSR count). The molecular formula is C14H11N3O7. The molecule has 0 bridgehead atoms. The summed E-state index contributed by atoms with van der Waals surface area (Å²) < 4.78 is 5.09. The molecule has 0 spiro atoms. The number of aromatic nitrogens is 2. The highest BCUT2D eigenvalue weighted by Gasteiger charge is 2.18. The predicted octanol–water partition coefficient (Wildman–Crippen LogP) is 0.605. The Morgan fingerprint density at radius 2 is 1.96 bits per heavy atom. The van der Waals surface area contributed by atoms with Crippen LogP contribution in [0.1, 0.15) is 11.3 Å². The second-order valence-corrected chi connectivity index (χ2v) is 4.48. The molecule has 2 aromatic rings. The average molecular weight is 333 g/mol. The van der Waals surface area contributed by atoms with E-state index in [2.05, 4.69) is 4.98 Å². The Hall–Kier alpha value is -3.69. The number of aromatic amines is 2. The van der Waals surface area contributed by atoms with E-state index in [1.807, 2.05) is 0 Å². The van der Waals surface area contributed by atoms with Gasteiger partial charge in [0.05, 0.1) is 4.92 Å². The Bertz CT molecular complexity index is 926.